The summed E-state index contributed by atoms with van der Waals surface area (Å²) in [6.45, 7) is 2.34. The first-order chi connectivity index (χ1) is 8.94. The van der Waals surface area contributed by atoms with Crippen molar-refractivity contribution in [3.8, 4) is 0 Å². The van der Waals surface area contributed by atoms with Crippen molar-refractivity contribution in [1.82, 2.24) is 19.4 Å². The lowest BCUT2D eigenvalue weighted by Gasteiger charge is -2.22. The van der Waals surface area contributed by atoms with E-state index in [0.29, 0.717) is 26.2 Å². The Balaban J connectivity index is 1.85. The number of hydrogen-bond acceptors (Lipinski definition) is 3. The number of imidazole rings is 1. The Morgan fingerprint density at radius 3 is 2.47 bits per heavy atom. The first-order valence-corrected chi connectivity index (χ1v) is 6.42. The molecule has 108 valence electrons. The van der Waals surface area contributed by atoms with Crippen LogP contribution in [-0.2, 0) is 13.6 Å². The molecule has 1 aliphatic heterocycles. The van der Waals surface area contributed by atoms with Crippen molar-refractivity contribution in [2.75, 3.05) is 32.7 Å². The molecule has 0 atom stereocenters. The number of nitrogens with zero attached hydrogens (tertiary/aromatic N) is 4. The fraction of sp³-hybridized carbons (Fsp3) is 0.750. The molecule has 2 rings (SSSR count). The van der Waals surface area contributed by atoms with E-state index in [0.717, 1.165) is 18.8 Å². The van der Waals surface area contributed by atoms with E-state index in [1.807, 2.05) is 17.8 Å². The Labute approximate surface area is 110 Å². The van der Waals surface area contributed by atoms with E-state index in [-0.39, 0.29) is 0 Å². The van der Waals surface area contributed by atoms with Crippen molar-refractivity contribution < 1.29 is 13.2 Å². The summed E-state index contributed by atoms with van der Waals surface area (Å²) in [5.74, 6) is 0.948. The van der Waals surface area contributed by atoms with Gasteiger partial charge in [0.1, 0.15) is 5.82 Å². The van der Waals surface area contributed by atoms with Crippen LogP contribution >= 0.6 is 0 Å². The van der Waals surface area contributed by atoms with E-state index >= 15 is 0 Å². The van der Waals surface area contributed by atoms with Crippen LogP contribution in [0.5, 0.6) is 0 Å². The second kappa shape index (κ2) is 5.92. The van der Waals surface area contributed by atoms with Gasteiger partial charge in [0.15, 0.2) is 0 Å². The zero-order valence-electron chi connectivity index (χ0n) is 11.0. The molecule has 7 heteroatoms. The van der Waals surface area contributed by atoms with Crippen molar-refractivity contribution >= 4 is 0 Å². The van der Waals surface area contributed by atoms with Gasteiger partial charge in [0, 0.05) is 32.5 Å². The number of alkyl halides is 3. The minimum atomic E-state index is -4.10. The molecule has 0 unspecified atom stereocenters. The SMILES string of the molecule is Cn1ccnc1CN1CCCN(CC(F)(F)F)CC1. The zero-order valence-corrected chi connectivity index (χ0v) is 11.0. The van der Waals surface area contributed by atoms with Crippen molar-refractivity contribution in [3.63, 3.8) is 0 Å². The Kier molecular flexibility index (Phi) is 4.46. The Hall–Kier alpha value is -1.08. The second-order valence-electron chi connectivity index (χ2n) is 4.98. The first-order valence-electron chi connectivity index (χ1n) is 6.42. The minimum Gasteiger partial charge on any atom is -0.337 e. The summed E-state index contributed by atoms with van der Waals surface area (Å²) >= 11 is 0. The molecule has 0 spiro atoms. The third-order valence-electron chi connectivity index (χ3n) is 3.37. The summed E-state index contributed by atoms with van der Waals surface area (Å²) < 4.78 is 39.0. The molecular formula is C12H19F3N4. The van der Waals surface area contributed by atoms with Gasteiger partial charge >= 0.3 is 6.18 Å². The maximum absolute atomic E-state index is 12.4. The summed E-state index contributed by atoms with van der Waals surface area (Å²) in [6.07, 6.45) is 0.279. The maximum Gasteiger partial charge on any atom is 0.401 e. The van der Waals surface area contributed by atoms with E-state index in [9.17, 15) is 13.2 Å². The third kappa shape index (κ3) is 4.50. The van der Waals surface area contributed by atoms with Crippen LogP contribution in [0.4, 0.5) is 13.2 Å². The minimum absolute atomic E-state index is 0.462. The van der Waals surface area contributed by atoms with E-state index in [4.69, 9.17) is 0 Å². The van der Waals surface area contributed by atoms with Gasteiger partial charge in [-0.05, 0) is 19.5 Å². The van der Waals surface area contributed by atoms with Crippen molar-refractivity contribution in [2.24, 2.45) is 7.05 Å². The monoisotopic (exact) mass is 276 g/mol. The Morgan fingerprint density at radius 1 is 1.16 bits per heavy atom. The van der Waals surface area contributed by atoms with Crippen LogP contribution < -0.4 is 0 Å². The molecule has 0 aromatic carbocycles. The predicted molar refractivity (Wildman–Crippen MR) is 65.6 cm³/mol. The van der Waals surface area contributed by atoms with Crippen LogP contribution in [0.3, 0.4) is 0 Å². The predicted octanol–water partition coefficient (Wildman–Crippen LogP) is 1.49. The molecule has 2 heterocycles. The molecule has 1 aliphatic rings. The zero-order chi connectivity index (χ0) is 13.9. The van der Waals surface area contributed by atoms with Crippen LogP contribution in [-0.4, -0.2) is 58.3 Å². The van der Waals surface area contributed by atoms with Crippen molar-refractivity contribution in [1.29, 1.82) is 0 Å². The molecule has 0 radical (unpaired) electrons. The first kappa shape index (κ1) is 14.3. The normalized spacial score (nSPS) is 19.6. The van der Waals surface area contributed by atoms with Crippen LogP contribution in [0.1, 0.15) is 12.2 Å². The van der Waals surface area contributed by atoms with Crippen LogP contribution in [0.15, 0.2) is 12.4 Å². The lowest BCUT2D eigenvalue weighted by atomic mass is 10.3. The van der Waals surface area contributed by atoms with E-state index in [1.165, 1.54) is 4.90 Å². The molecule has 1 saturated heterocycles. The van der Waals surface area contributed by atoms with Gasteiger partial charge < -0.3 is 4.57 Å². The van der Waals surface area contributed by atoms with Crippen LogP contribution in [0, 0.1) is 0 Å². The molecule has 19 heavy (non-hydrogen) atoms. The van der Waals surface area contributed by atoms with Gasteiger partial charge in [0.2, 0.25) is 0 Å². The number of aryl methyl sites for hydroxylation is 1. The number of halogens is 3. The maximum atomic E-state index is 12.4. The number of hydrogen-bond donors (Lipinski definition) is 0. The summed E-state index contributed by atoms with van der Waals surface area (Å²) in [4.78, 5) is 7.90. The Morgan fingerprint density at radius 2 is 1.84 bits per heavy atom. The molecule has 4 nitrogen and oxygen atoms in total. The lowest BCUT2D eigenvalue weighted by molar-refractivity contribution is -0.145. The standard InChI is InChI=1S/C12H19F3N4/c1-17-6-3-16-11(17)9-18-4-2-5-19(8-7-18)10-12(13,14)15/h3,6H,2,4-5,7-10H2,1H3. The van der Waals surface area contributed by atoms with Gasteiger partial charge in [-0.15, -0.1) is 0 Å². The van der Waals surface area contributed by atoms with Gasteiger partial charge in [-0.1, -0.05) is 0 Å². The highest BCUT2D eigenvalue weighted by Gasteiger charge is 2.31. The lowest BCUT2D eigenvalue weighted by Crippen LogP contribution is -2.37. The largest absolute Gasteiger partial charge is 0.401 e. The molecule has 0 saturated carbocycles. The quantitative estimate of drug-likeness (QED) is 0.836. The van der Waals surface area contributed by atoms with Crippen LogP contribution in [0.2, 0.25) is 0 Å². The smallest absolute Gasteiger partial charge is 0.337 e. The molecule has 0 N–H and O–H groups in total. The fourth-order valence-electron chi connectivity index (χ4n) is 2.34. The molecule has 0 amide bonds. The highest BCUT2D eigenvalue weighted by molar-refractivity contribution is 4.91. The van der Waals surface area contributed by atoms with E-state index in [2.05, 4.69) is 9.88 Å². The number of rotatable bonds is 3. The summed E-state index contributed by atoms with van der Waals surface area (Å²) in [7, 11) is 1.93. The molecule has 0 aliphatic carbocycles. The van der Waals surface area contributed by atoms with Gasteiger partial charge in [-0.3, -0.25) is 9.80 Å². The van der Waals surface area contributed by atoms with Crippen LogP contribution in [0.25, 0.3) is 0 Å². The van der Waals surface area contributed by atoms with Gasteiger partial charge in [0.05, 0.1) is 13.1 Å². The summed E-state index contributed by atoms with van der Waals surface area (Å²) in [6, 6.07) is 0. The topological polar surface area (TPSA) is 24.3 Å². The molecular weight excluding hydrogens is 257 g/mol. The molecule has 1 aromatic rings. The molecule has 0 bridgehead atoms. The van der Waals surface area contributed by atoms with E-state index < -0.39 is 12.7 Å². The van der Waals surface area contributed by atoms with Gasteiger partial charge in [-0.2, -0.15) is 13.2 Å². The van der Waals surface area contributed by atoms with Gasteiger partial charge in [-0.25, -0.2) is 4.98 Å². The summed E-state index contributed by atoms with van der Waals surface area (Å²) in [5.41, 5.74) is 0. The third-order valence-corrected chi connectivity index (χ3v) is 3.37. The average molecular weight is 276 g/mol. The highest BCUT2D eigenvalue weighted by Crippen LogP contribution is 2.17. The summed E-state index contributed by atoms with van der Waals surface area (Å²) in [5, 5.41) is 0. The Bertz CT molecular complexity index is 402. The average Bonchev–Trinajstić information content (AvgIpc) is 2.57. The number of aromatic nitrogens is 2. The van der Waals surface area contributed by atoms with Crippen molar-refractivity contribution in [2.45, 2.75) is 19.1 Å². The second-order valence-corrected chi connectivity index (χ2v) is 4.98. The van der Waals surface area contributed by atoms with Crippen molar-refractivity contribution in [3.05, 3.63) is 18.2 Å². The molecule has 1 fully saturated rings. The fourth-order valence-corrected chi connectivity index (χ4v) is 2.34. The highest BCUT2D eigenvalue weighted by atomic mass is 19.4. The van der Waals surface area contributed by atoms with Gasteiger partial charge in [0.25, 0.3) is 0 Å². The molecule has 1 aromatic heterocycles. The van der Waals surface area contributed by atoms with E-state index in [1.54, 1.807) is 6.20 Å².